The number of benzene rings is 2. The molecule has 41 heavy (non-hydrogen) atoms. The van der Waals surface area contributed by atoms with Crippen LogP contribution in [-0.4, -0.2) is 70.2 Å². The minimum Gasteiger partial charge on any atom is -0.480 e. The van der Waals surface area contributed by atoms with Gasteiger partial charge in [0.1, 0.15) is 18.1 Å². The van der Waals surface area contributed by atoms with Gasteiger partial charge < -0.3 is 37.5 Å². The van der Waals surface area contributed by atoms with E-state index in [9.17, 15) is 24.3 Å². The number of nitrogens with two attached hydrogens (primary N) is 2. The quantitative estimate of drug-likeness (QED) is 0.0907. The highest BCUT2D eigenvalue weighted by Gasteiger charge is 2.30. The number of amides is 3. The van der Waals surface area contributed by atoms with Crippen LogP contribution >= 0.6 is 12.6 Å². The summed E-state index contributed by atoms with van der Waals surface area (Å²) < 4.78 is 0. The number of nitrogens with one attached hydrogen (secondary N) is 4. The van der Waals surface area contributed by atoms with E-state index in [1.807, 2.05) is 54.6 Å². The third kappa shape index (κ3) is 9.34. The van der Waals surface area contributed by atoms with E-state index >= 15 is 0 Å². The van der Waals surface area contributed by atoms with Gasteiger partial charge in [0.2, 0.25) is 17.7 Å². The first-order valence-corrected chi connectivity index (χ1v) is 14.2. The maximum atomic E-state index is 13.6. The minimum atomic E-state index is -1.24. The van der Waals surface area contributed by atoms with Crippen molar-refractivity contribution in [2.75, 3.05) is 12.3 Å². The minimum absolute atomic E-state index is 0.122. The second kappa shape index (κ2) is 15.8. The van der Waals surface area contributed by atoms with E-state index in [2.05, 4.69) is 33.6 Å². The van der Waals surface area contributed by atoms with Gasteiger partial charge in [-0.3, -0.25) is 14.4 Å². The Hall–Kier alpha value is -3.87. The summed E-state index contributed by atoms with van der Waals surface area (Å²) in [7, 11) is 0. The number of H-pyrrole nitrogens is 1. The molecular weight excluding hydrogens is 544 g/mol. The number of fused-ring (bicyclic) bond motifs is 1. The zero-order valence-corrected chi connectivity index (χ0v) is 23.6. The SMILES string of the molecule is NCCCCC(NC(=O)C(Cc1c[nH]c2ccccc12)NC(=O)C(N)Cc1ccccc1)C(=O)NC(CS)C(=O)O. The van der Waals surface area contributed by atoms with Crippen LogP contribution < -0.4 is 27.4 Å². The van der Waals surface area contributed by atoms with E-state index in [0.717, 1.165) is 22.0 Å². The fourth-order valence-corrected chi connectivity index (χ4v) is 4.71. The smallest absolute Gasteiger partial charge is 0.327 e. The van der Waals surface area contributed by atoms with Crippen LogP contribution in [0.4, 0.5) is 0 Å². The van der Waals surface area contributed by atoms with Gasteiger partial charge in [-0.1, -0.05) is 48.5 Å². The fourth-order valence-electron chi connectivity index (χ4n) is 4.46. The number of carboxylic acids is 1. The standard InChI is InChI=1S/C29H38N6O5S/c30-13-7-6-12-23(27(37)35-25(17-41)29(39)40)33-28(38)24(15-19-16-32-22-11-5-4-10-20(19)22)34-26(36)21(31)14-18-8-2-1-3-9-18/h1-5,8-11,16,21,23-25,32,41H,6-7,12-15,17,30-31H2,(H,33,38)(H,34,36)(H,35,37)(H,39,40). The number of rotatable bonds is 16. The Bertz CT molecular complexity index is 1320. The average molecular weight is 583 g/mol. The number of hydrogen-bond donors (Lipinski definition) is 8. The number of carbonyl (C=O) groups excluding carboxylic acids is 3. The first-order chi connectivity index (χ1) is 19.7. The van der Waals surface area contributed by atoms with Crippen LogP contribution in [0.2, 0.25) is 0 Å². The van der Waals surface area contributed by atoms with Gasteiger partial charge >= 0.3 is 5.97 Å². The summed E-state index contributed by atoms with van der Waals surface area (Å²) in [5, 5.41) is 18.2. The zero-order valence-electron chi connectivity index (χ0n) is 22.7. The number of thiol groups is 1. The second-order valence-corrected chi connectivity index (χ2v) is 10.2. The van der Waals surface area contributed by atoms with Gasteiger partial charge in [0.15, 0.2) is 0 Å². The molecule has 0 bridgehead atoms. The lowest BCUT2D eigenvalue weighted by atomic mass is 10.0. The van der Waals surface area contributed by atoms with Gasteiger partial charge in [-0.05, 0) is 49.4 Å². The zero-order chi connectivity index (χ0) is 29.8. The van der Waals surface area contributed by atoms with Crippen LogP contribution in [0, 0.1) is 0 Å². The Morgan fingerprint density at radius 3 is 2.15 bits per heavy atom. The summed E-state index contributed by atoms with van der Waals surface area (Å²) >= 11 is 4.00. The summed E-state index contributed by atoms with van der Waals surface area (Å²) in [5.74, 6) is -3.13. The molecule has 0 aliphatic rings. The highest BCUT2D eigenvalue weighted by Crippen LogP contribution is 2.19. The van der Waals surface area contributed by atoms with Gasteiger partial charge in [-0.15, -0.1) is 0 Å². The average Bonchev–Trinajstić information content (AvgIpc) is 3.37. The summed E-state index contributed by atoms with van der Waals surface area (Å²) in [6, 6.07) is 12.6. The third-order valence-electron chi connectivity index (χ3n) is 6.74. The first kappa shape index (κ1) is 31.7. The molecule has 0 radical (unpaired) electrons. The van der Waals surface area contributed by atoms with Crippen molar-refractivity contribution in [1.29, 1.82) is 0 Å². The predicted octanol–water partition coefficient (Wildman–Crippen LogP) is 0.878. The van der Waals surface area contributed by atoms with E-state index in [1.165, 1.54) is 0 Å². The molecule has 9 N–H and O–H groups in total. The van der Waals surface area contributed by atoms with Crippen molar-refractivity contribution in [3.8, 4) is 0 Å². The first-order valence-electron chi connectivity index (χ1n) is 13.5. The van der Waals surface area contributed by atoms with Gasteiger partial charge in [0, 0.05) is 29.3 Å². The molecular formula is C29H38N6O5S. The summed E-state index contributed by atoms with van der Waals surface area (Å²) in [5.41, 5.74) is 14.4. The summed E-state index contributed by atoms with van der Waals surface area (Å²) in [6.45, 7) is 0.398. The molecule has 0 saturated carbocycles. The summed E-state index contributed by atoms with van der Waals surface area (Å²) in [6.07, 6.45) is 3.54. The van der Waals surface area contributed by atoms with Crippen molar-refractivity contribution in [3.63, 3.8) is 0 Å². The number of carbonyl (C=O) groups is 4. The monoisotopic (exact) mass is 582 g/mol. The Labute approximate surface area is 244 Å². The molecule has 0 fully saturated rings. The molecule has 11 nitrogen and oxygen atoms in total. The van der Waals surface area contributed by atoms with Crippen LogP contribution in [-0.2, 0) is 32.0 Å². The third-order valence-corrected chi connectivity index (χ3v) is 7.11. The number of unbranched alkanes of at least 4 members (excludes halogenated alkanes) is 1. The van der Waals surface area contributed by atoms with Gasteiger partial charge in [0.25, 0.3) is 0 Å². The van der Waals surface area contributed by atoms with E-state index < -0.39 is 47.9 Å². The lowest BCUT2D eigenvalue weighted by molar-refractivity contribution is -0.141. The number of aromatic amines is 1. The molecule has 12 heteroatoms. The number of hydrogen-bond acceptors (Lipinski definition) is 7. The predicted molar refractivity (Wildman–Crippen MR) is 160 cm³/mol. The molecule has 0 aliphatic carbocycles. The molecule has 1 heterocycles. The van der Waals surface area contributed by atoms with Crippen LogP contribution in [0.3, 0.4) is 0 Å². The van der Waals surface area contributed by atoms with E-state index in [4.69, 9.17) is 11.5 Å². The normalized spacial score (nSPS) is 14.0. The Balaban J connectivity index is 1.82. The van der Waals surface area contributed by atoms with E-state index in [-0.39, 0.29) is 25.0 Å². The highest BCUT2D eigenvalue weighted by molar-refractivity contribution is 7.80. The molecule has 220 valence electrons. The molecule has 2 aromatic carbocycles. The lowest BCUT2D eigenvalue weighted by Crippen LogP contribution is -2.58. The van der Waals surface area contributed by atoms with Crippen molar-refractivity contribution in [1.82, 2.24) is 20.9 Å². The van der Waals surface area contributed by atoms with Crippen LogP contribution in [0.25, 0.3) is 10.9 Å². The van der Waals surface area contributed by atoms with Crippen LogP contribution in [0.1, 0.15) is 30.4 Å². The summed E-state index contributed by atoms with van der Waals surface area (Å²) in [4.78, 5) is 54.4. The van der Waals surface area contributed by atoms with Crippen molar-refractivity contribution >= 4 is 47.2 Å². The number of para-hydroxylation sites is 1. The maximum absolute atomic E-state index is 13.6. The molecule has 3 aromatic rings. The Kier molecular flexibility index (Phi) is 12.2. The number of aliphatic carboxylic acids is 1. The van der Waals surface area contributed by atoms with E-state index in [0.29, 0.717) is 19.4 Å². The maximum Gasteiger partial charge on any atom is 0.327 e. The van der Waals surface area contributed by atoms with Gasteiger partial charge in [-0.25, -0.2) is 4.79 Å². The Morgan fingerprint density at radius 1 is 0.829 bits per heavy atom. The number of carboxylic acid groups (broad SMARTS) is 1. The van der Waals surface area contributed by atoms with Crippen molar-refractivity contribution in [3.05, 3.63) is 71.9 Å². The molecule has 0 aliphatic heterocycles. The van der Waals surface area contributed by atoms with Crippen LogP contribution in [0.5, 0.6) is 0 Å². The number of aromatic nitrogens is 1. The largest absolute Gasteiger partial charge is 0.480 e. The molecule has 1 aromatic heterocycles. The fraction of sp³-hybridized carbons (Fsp3) is 0.379. The second-order valence-electron chi connectivity index (χ2n) is 9.85. The molecule has 4 unspecified atom stereocenters. The molecule has 0 saturated heterocycles. The molecule has 0 spiro atoms. The van der Waals surface area contributed by atoms with Crippen molar-refractivity contribution < 1.29 is 24.3 Å². The highest BCUT2D eigenvalue weighted by atomic mass is 32.1. The topological polar surface area (TPSA) is 192 Å². The molecule has 3 rings (SSSR count). The van der Waals surface area contributed by atoms with Crippen molar-refractivity contribution in [2.24, 2.45) is 11.5 Å². The van der Waals surface area contributed by atoms with Gasteiger partial charge in [-0.2, -0.15) is 12.6 Å². The van der Waals surface area contributed by atoms with E-state index in [1.54, 1.807) is 6.20 Å². The lowest BCUT2D eigenvalue weighted by Gasteiger charge is -2.25. The van der Waals surface area contributed by atoms with Crippen molar-refractivity contribution in [2.45, 2.75) is 56.3 Å². The molecule has 3 amide bonds. The van der Waals surface area contributed by atoms with Gasteiger partial charge in [0.05, 0.1) is 6.04 Å². The van der Waals surface area contributed by atoms with Crippen LogP contribution in [0.15, 0.2) is 60.8 Å². The molecule has 4 atom stereocenters. The Morgan fingerprint density at radius 2 is 1.46 bits per heavy atom.